The molecule has 26 heavy (non-hydrogen) atoms. The van der Waals surface area contributed by atoms with E-state index < -0.39 is 29.7 Å². The number of benzene rings is 1. The summed E-state index contributed by atoms with van der Waals surface area (Å²) in [4.78, 5) is 28.8. The van der Waals surface area contributed by atoms with Crippen LogP contribution in [0, 0.1) is 0 Å². The van der Waals surface area contributed by atoms with Crippen molar-refractivity contribution in [3.8, 4) is 0 Å². The lowest BCUT2D eigenvalue weighted by atomic mass is 9.81. The van der Waals surface area contributed by atoms with Crippen LogP contribution in [0.5, 0.6) is 0 Å². The molecule has 1 atom stereocenters. The molecule has 0 aromatic heterocycles. The van der Waals surface area contributed by atoms with Crippen molar-refractivity contribution >= 4 is 18.0 Å². The number of amides is 1. The lowest BCUT2D eigenvalue weighted by molar-refractivity contribution is -0.140. The molecule has 0 radical (unpaired) electrons. The number of ether oxygens (including phenoxy) is 2. The first-order valence-electron chi connectivity index (χ1n) is 8.90. The molecule has 2 aliphatic rings. The van der Waals surface area contributed by atoms with Crippen molar-refractivity contribution in [2.75, 3.05) is 6.61 Å². The minimum Gasteiger partial charge on any atom is -0.445 e. The van der Waals surface area contributed by atoms with E-state index in [0.717, 1.165) is 24.8 Å². The highest BCUT2D eigenvalue weighted by atomic mass is 16.6. The molecule has 1 amide bonds. The van der Waals surface area contributed by atoms with E-state index in [0.29, 0.717) is 12.8 Å². The predicted octanol–water partition coefficient (Wildman–Crippen LogP) is 2.32. The molecule has 1 fully saturated rings. The van der Waals surface area contributed by atoms with E-state index in [2.05, 4.69) is 10.3 Å². The van der Waals surface area contributed by atoms with E-state index in [9.17, 15) is 14.7 Å². The zero-order valence-corrected chi connectivity index (χ0v) is 14.9. The van der Waals surface area contributed by atoms with E-state index in [1.807, 2.05) is 30.3 Å². The van der Waals surface area contributed by atoms with Gasteiger partial charge in [0.1, 0.15) is 12.1 Å². The lowest BCUT2D eigenvalue weighted by Crippen LogP contribution is -2.56. The molecule has 1 unspecified atom stereocenters. The molecule has 7 heteroatoms. The number of rotatable bonds is 5. The number of cyclic esters (lactones) is 1. The number of aliphatic hydroxyl groups excluding tert-OH is 1. The van der Waals surface area contributed by atoms with Gasteiger partial charge in [0.05, 0.1) is 6.61 Å². The van der Waals surface area contributed by atoms with E-state index in [1.54, 1.807) is 0 Å². The van der Waals surface area contributed by atoms with Crippen LogP contribution in [0.2, 0.25) is 0 Å². The summed E-state index contributed by atoms with van der Waals surface area (Å²) < 4.78 is 10.7. The van der Waals surface area contributed by atoms with Crippen LogP contribution in [0.1, 0.15) is 44.6 Å². The van der Waals surface area contributed by atoms with Crippen LogP contribution < -0.4 is 5.32 Å². The number of nitrogens with one attached hydrogen (secondary N) is 1. The lowest BCUT2D eigenvalue weighted by Gasteiger charge is -2.36. The molecule has 1 heterocycles. The number of nitrogens with zero attached hydrogens (tertiary/aromatic N) is 1. The molecule has 2 N–H and O–H groups in total. The van der Waals surface area contributed by atoms with Gasteiger partial charge in [0.25, 0.3) is 0 Å². The smallest absolute Gasteiger partial charge is 0.408 e. The Morgan fingerprint density at radius 2 is 1.96 bits per heavy atom. The molecule has 3 rings (SSSR count). The van der Waals surface area contributed by atoms with Crippen molar-refractivity contribution in [3.05, 3.63) is 35.9 Å². The number of alkyl carbamates (subject to hydrolysis) is 1. The summed E-state index contributed by atoms with van der Waals surface area (Å²) in [5.74, 6) is -0.421. The number of hydrogen-bond acceptors (Lipinski definition) is 6. The first-order chi connectivity index (χ1) is 12.5. The topological polar surface area (TPSA) is 97.2 Å². The molecule has 7 nitrogen and oxygen atoms in total. The molecule has 1 aromatic rings. The fourth-order valence-electron chi connectivity index (χ4n) is 3.30. The predicted molar refractivity (Wildman–Crippen MR) is 94.6 cm³/mol. The molecule has 0 saturated heterocycles. The highest BCUT2D eigenvalue weighted by Gasteiger charge is 2.50. The standard InChI is InChI=1S/C19H24N2O5/c1-18(13-22)16(23)26-15(20-18)19(10-6-3-7-11-19)21-17(24)25-12-14-8-4-2-5-9-14/h2,4-5,8-9,22H,3,6-7,10-13H2,1H3,(H,21,24). The van der Waals surface area contributed by atoms with Crippen molar-refractivity contribution in [1.29, 1.82) is 0 Å². The highest BCUT2D eigenvalue weighted by Crippen LogP contribution is 2.34. The van der Waals surface area contributed by atoms with Crippen molar-refractivity contribution in [2.24, 2.45) is 4.99 Å². The summed E-state index contributed by atoms with van der Waals surface area (Å²) >= 11 is 0. The maximum atomic E-state index is 12.4. The van der Waals surface area contributed by atoms with Gasteiger partial charge in [-0.25, -0.2) is 14.6 Å². The van der Waals surface area contributed by atoms with Crippen LogP contribution in [0.4, 0.5) is 4.79 Å². The number of carbonyl (C=O) groups is 2. The van der Waals surface area contributed by atoms with Gasteiger partial charge in [-0.15, -0.1) is 0 Å². The molecule has 1 aliphatic carbocycles. The average molecular weight is 360 g/mol. The Labute approximate surface area is 152 Å². The van der Waals surface area contributed by atoms with Crippen molar-refractivity contribution in [2.45, 2.75) is 56.7 Å². The number of hydrogen-bond donors (Lipinski definition) is 2. The number of esters is 1. The van der Waals surface area contributed by atoms with Crippen molar-refractivity contribution in [3.63, 3.8) is 0 Å². The van der Waals surface area contributed by atoms with Crippen LogP contribution in [0.3, 0.4) is 0 Å². The van der Waals surface area contributed by atoms with Gasteiger partial charge in [-0.2, -0.15) is 0 Å². The second-order valence-electron chi connectivity index (χ2n) is 7.07. The van der Waals surface area contributed by atoms with Crippen molar-refractivity contribution < 1.29 is 24.2 Å². The third kappa shape index (κ3) is 3.72. The molecular weight excluding hydrogens is 336 g/mol. The van der Waals surface area contributed by atoms with E-state index in [1.165, 1.54) is 6.92 Å². The van der Waals surface area contributed by atoms with Crippen LogP contribution in [0.25, 0.3) is 0 Å². The van der Waals surface area contributed by atoms with Gasteiger partial charge in [0.2, 0.25) is 5.90 Å². The Kier molecular flexibility index (Phi) is 5.27. The van der Waals surface area contributed by atoms with Gasteiger partial charge in [-0.05, 0) is 25.3 Å². The second kappa shape index (κ2) is 7.45. The highest BCUT2D eigenvalue weighted by molar-refractivity contribution is 6.05. The van der Waals surface area contributed by atoms with Crippen LogP contribution in [-0.4, -0.2) is 40.8 Å². The SMILES string of the molecule is CC1(CO)N=C(C2(NC(=O)OCc3ccccc3)CCCCC2)OC1=O. The number of aliphatic imine (C=N–C) groups is 1. The number of aliphatic hydroxyl groups is 1. The monoisotopic (exact) mass is 360 g/mol. The maximum Gasteiger partial charge on any atom is 0.408 e. The number of carbonyl (C=O) groups excluding carboxylic acids is 2. The second-order valence-corrected chi connectivity index (χ2v) is 7.07. The summed E-state index contributed by atoms with van der Waals surface area (Å²) in [5, 5.41) is 12.3. The van der Waals surface area contributed by atoms with Crippen LogP contribution in [0.15, 0.2) is 35.3 Å². The molecule has 140 valence electrons. The Morgan fingerprint density at radius 3 is 2.58 bits per heavy atom. The maximum absolute atomic E-state index is 12.4. The van der Waals surface area contributed by atoms with Gasteiger partial charge in [-0.3, -0.25) is 0 Å². The summed E-state index contributed by atoms with van der Waals surface area (Å²) in [5.41, 5.74) is -1.29. The Bertz CT molecular complexity index is 697. The fourth-order valence-corrected chi connectivity index (χ4v) is 3.30. The van der Waals surface area contributed by atoms with Gasteiger partial charge in [0, 0.05) is 0 Å². The third-order valence-corrected chi connectivity index (χ3v) is 4.96. The molecule has 1 aliphatic heterocycles. The first kappa shape index (κ1) is 18.4. The van der Waals surface area contributed by atoms with Gasteiger partial charge >= 0.3 is 12.1 Å². The molecule has 0 spiro atoms. The molecule has 0 bridgehead atoms. The summed E-state index contributed by atoms with van der Waals surface area (Å²) in [7, 11) is 0. The van der Waals surface area contributed by atoms with E-state index >= 15 is 0 Å². The van der Waals surface area contributed by atoms with Crippen LogP contribution >= 0.6 is 0 Å². The zero-order chi connectivity index (χ0) is 18.6. The largest absolute Gasteiger partial charge is 0.445 e. The normalized spacial score (nSPS) is 24.5. The van der Waals surface area contributed by atoms with Gasteiger partial charge in [-0.1, -0.05) is 49.6 Å². The first-order valence-corrected chi connectivity index (χ1v) is 8.90. The van der Waals surface area contributed by atoms with Crippen LogP contribution in [-0.2, 0) is 20.9 Å². The fraction of sp³-hybridized carbons (Fsp3) is 0.526. The molecule has 1 saturated carbocycles. The third-order valence-electron chi connectivity index (χ3n) is 4.96. The quantitative estimate of drug-likeness (QED) is 0.786. The van der Waals surface area contributed by atoms with Crippen molar-refractivity contribution in [1.82, 2.24) is 5.32 Å². The molecule has 1 aromatic carbocycles. The van der Waals surface area contributed by atoms with E-state index in [4.69, 9.17) is 9.47 Å². The van der Waals surface area contributed by atoms with E-state index in [-0.39, 0.29) is 12.5 Å². The summed E-state index contributed by atoms with van der Waals surface area (Å²) in [6.07, 6.45) is 3.45. The Morgan fingerprint density at radius 1 is 1.27 bits per heavy atom. The minimum absolute atomic E-state index is 0.156. The Hall–Kier alpha value is -2.41. The zero-order valence-electron chi connectivity index (χ0n) is 14.9. The minimum atomic E-state index is -1.31. The van der Waals surface area contributed by atoms with Gasteiger partial charge in [0.15, 0.2) is 5.54 Å². The molecular formula is C19H24N2O5. The summed E-state index contributed by atoms with van der Waals surface area (Å²) in [6, 6.07) is 9.40. The summed E-state index contributed by atoms with van der Waals surface area (Å²) in [6.45, 7) is 1.24. The van der Waals surface area contributed by atoms with Gasteiger partial charge < -0.3 is 19.9 Å². The average Bonchev–Trinajstić information content (AvgIpc) is 2.98. The Balaban J connectivity index is 1.73.